The Morgan fingerprint density at radius 3 is 2.79 bits per heavy atom. The fourth-order valence-corrected chi connectivity index (χ4v) is 3.71. The van der Waals surface area contributed by atoms with Gasteiger partial charge in [0.05, 0.1) is 12.0 Å². The zero-order chi connectivity index (χ0) is 19.1. The first-order valence-electron chi connectivity index (χ1n) is 9.16. The number of hydrogen-bond acceptors (Lipinski definition) is 7. The Bertz CT molecular complexity index is 1080. The van der Waals surface area contributed by atoms with E-state index in [2.05, 4.69) is 15.6 Å². The molecule has 5 rings (SSSR count). The van der Waals surface area contributed by atoms with E-state index >= 15 is 0 Å². The number of ketones is 1. The first-order chi connectivity index (χ1) is 13.7. The molecule has 3 aromatic rings. The Hall–Kier alpha value is -3.61. The molecule has 0 saturated heterocycles. The molecular formula is C21H18N4O3. The summed E-state index contributed by atoms with van der Waals surface area (Å²) in [6.45, 7) is 0. The molecule has 0 amide bonds. The minimum atomic E-state index is -0.382. The minimum Gasteiger partial charge on any atom is -0.508 e. The Morgan fingerprint density at radius 1 is 1.14 bits per heavy atom. The van der Waals surface area contributed by atoms with E-state index in [9.17, 15) is 9.90 Å². The van der Waals surface area contributed by atoms with Gasteiger partial charge in [-0.1, -0.05) is 30.3 Å². The smallest absolute Gasteiger partial charge is 0.302 e. The maximum Gasteiger partial charge on any atom is 0.302 e. The van der Waals surface area contributed by atoms with Crippen molar-refractivity contribution in [1.29, 1.82) is 0 Å². The SMILES string of the molecule is O=C1CCC=C2NC(Nc3nc4ccccc4o3)=N[C@H](c3ccc(O)cc3)[C@@H]12. The number of rotatable bonds is 2. The van der Waals surface area contributed by atoms with Crippen molar-refractivity contribution in [2.24, 2.45) is 10.9 Å². The highest BCUT2D eigenvalue weighted by atomic mass is 16.4. The molecule has 28 heavy (non-hydrogen) atoms. The van der Waals surface area contributed by atoms with Crippen molar-refractivity contribution in [1.82, 2.24) is 10.3 Å². The van der Waals surface area contributed by atoms with E-state index in [-0.39, 0.29) is 23.5 Å². The number of aliphatic imine (C=N–C) groups is 1. The van der Waals surface area contributed by atoms with Crippen LogP contribution in [0.2, 0.25) is 0 Å². The van der Waals surface area contributed by atoms with Crippen LogP contribution in [0.15, 0.2) is 69.7 Å². The number of carbonyl (C=O) groups is 1. The van der Waals surface area contributed by atoms with Crippen molar-refractivity contribution in [3.8, 4) is 5.75 Å². The van der Waals surface area contributed by atoms with E-state index in [1.54, 1.807) is 24.3 Å². The number of para-hydroxylation sites is 2. The number of Topliss-reactive ketones (excluding diaryl/α,β-unsaturated/α-hetero) is 1. The Labute approximate surface area is 160 Å². The number of anilines is 1. The molecule has 7 heteroatoms. The zero-order valence-corrected chi connectivity index (χ0v) is 14.9. The summed E-state index contributed by atoms with van der Waals surface area (Å²) < 4.78 is 5.72. The molecule has 1 aromatic heterocycles. The summed E-state index contributed by atoms with van der Waals surface area (Å²) in [6, 6.07) is 14.3. The molecule has 2 aliphatic rings. The number of guanidine groups is 1. The van der Waals surface area contributed by atoms with Gasteiger partial charge in [-0.05, 0) is 36.2 Å². The molecule has 2 heterocycles. The highest BCUT2D eigenvalue weighted by Crippen LogP contribution is 2.38. The molecule has 140 valence electrons. The molecule has 1 aliphatic heterocycles. The van der Waals surface area contributed by atoms with Crippen molar-refractivity contribution >= 4 is 28.9 Å². The van der Waals surface area contributed by atoms with Crippen molar-refractivity contribution in [3.05, 3.63) is 65.9 Å². The van der Waals surface area contributed by atoms with Gasteiger partial charge in [0.15, 0.2) is 5.58 Å². The van der Waals surface area contributed by atoms with Gasteiger partial charge in [0.25, 0.3) is 0 Å². The number of allylic oxidation sites excluding steroid dienone is 1. The van der Waals surface area contributed by atoms with Crippen LogP contribution in [-0.4, -0.2) is 21.8 Å². The van der Waals surface area contributed by atoms with E-state index in [4.69, 9.17) is 9.41 Å². The van der Waals surface area contributed by atoms with Gasteiger partial charge in [-0.25, -0.2) is 4.99 Å². The van der Waals surface area contributed by atoms with Gasteiger partial charge in [-0.15, -0.1) is 0 Å². The number of nitrogens with one attached hydrogen (secondary N) is 2. The average Bonchev–Trinajstić information content (AvgIpc) is 3.10. The number of fused-ring (bicyclic) bond motifs is 2. The van der Waals surface area contributed by atoms with Crippen LogP contribution < -0.4 is 10.6 Å². The van der Waals surface area contributed by atoms with Gasteiger partial charge in [-0.2, -0.15) is 4.98 Å². The molecule has 0 bridgehead atoms. The Balaban J connectivity index is 1.52. The molecule has 0 fully saturated rings. The van der Waals surface area contributed by atoms with Gasteiger partial charge in [0.2, 0.25) is 5.96 Å². The molecule has 2 aromatic carbocycles. The van der Waals surface area contributed by atoms with Crippen LogP contribution in [0.5, 0.6) is 5.75 Å². The third kappa shape index (κ3) is 2.90. The largest absolute Gasteiger partial charge is 0.508 e. The summed E-state index contributed by atoms with van der Waals surface area (Å²) in [5.74, 6) is 0.458. The molecule has 2 atom stereocenters. The molecular weight excluding hydrogens is 356 g/mol. The first kappa shape index (κ1) is 16.6. The second kappa shape index (κ2) is 6.53. The summed E-state index contributed by atoms with van der Waals surface area (Å²) in [6.07, 6.45) is 3.26. The van der Waals surface area contributed by atoms with Crippen LogP contribution in [-0.2, 0) is 4.79 Å². The fourth-order valence-electron chi connectivity index (χ4n) is 3.71. The van der Waals surface area contributed by atoms with Gasteiger partial charge >= 0.3 is 6.01 Å². The monoisotopic (exact) mass is 374 g/mol. The second-order valence-corrected chi connectivity index (χ2v) is 6.89. The summed E-state index contributed by atoms with van der Waals surface area (Å²) in [4.78, 5) is 21.8. The lowest BCUT2D eigenvalue weighted by atomic mass is 9.81. The molecule has 3 N–H and O–H groups in total. The number of aromatic hydroxyl groups is 1. The summed E-state index contributed by atoms with van der Waals surface area (Å²) in [5.41, 5.74) is 3.13. The van der Waals surface area contributed by atoms with E-state index in [0.29, 0.717) is 30.4 Å². The lowest BCUT2D eigenvalue weighted by Gasteiger charge is -2.34. The normalized spacial score (nSPS) is 21.5. The molecule has 0 unspecified atom stereocenters. The van der Waals surface area contributed by atoms with E-state index in [0.717, 1.165) is 16.8 Å². The van der Waals surface area contributed by atoms with Gasteiger partial charge in [0.1, 0.15) is 17.0 Å². The molecule has 1 aliphatic carbocycles. The van der Waals surface area contributed by atoms with Crippen LogP contribution >= 0.6 is 0 Å². The lowest BCUT2D eigenvalue weighted by Crippen LogP contribution is -2.43. The van der Waals surface area contributed by atoms with Gasteiger partial charge < -0.3 is 14.8 Å². The van der Waals surface area contributed by atoms with E-state index in [1.165, 1.54) is 0 Å². The summed E-state index contributed by atoms with van der Waals surface area (Å²) in [5, 5.41) is 15.9. The number of benzene rings is 2. The number of phenolic OH excluding ortho intramolecular Hbond substituents is 1. The van der Waals surface area contributed by atoms with Crippen molar-refractivity contribution in [2.75, 3.05) is 5.32 Å². The number of carbonyl (C=O) groups excluding carboxylic acids is 1. The predicted octanol–water partition coefficient (Wildman–Crippen LogP) is 3.51. The minimum absolute atomic E-state index is 0.160. The van der Waals surface area contributed by atoms with Crippen LogP contribution in [0.3, 0.4) is 0 Å². The van der Waals surface area contributed by atoms with E-state index in [1.807, 2.05) is 30.3 Å². The fraction of sp³-hybridized carbons (Fsp3) is 0.190. The number of oxazole rings is 1. The van der Waals surface area contributed by atoms with Crippen LogP contribution in [0.1, 0.15) is 24.4 Å². The zero-order valence-electron chi connectivity index (χ0n) is 14.9. The van der Waals surface area contributed by atoms with Crippen molar-refractivity contribution < 1.29 is 14.3 Å². The molecule has 7 nitrogen and oxygen atoms in total. The maximum atomic E-state index is 12.6. The average molecular weight is 374 g/mol. The number of nitrogens with zero attached hydrogens (tertiary/aromatic N) is 2. The van der Waals surface area contributed by atoms with Crippen LogP contribution in [0, 0.1) is 5.92 Å². The third-order valence-electron chi connectivity index (χ3n) is 5.04. The molecule has 0 saturated carbocycles. The molecule has 0 radical (unpaired) electrons. The van der Waals surface area contributed by atoms with Crippen molar-refractivity contribution in [3.63, 3.8) is 0 Å². The quantitative estimate of drug-likeness (QED) is 0.635. The lowest BCUT2D eigenvalue weighted by molar-refractivity contribution is -0.122. The van der Waals surface area contributed by atoms with E-state index < -0.39 is 0 Å². The summed E-state index contributed by atoms with van der Waals surface area (Å²) in [7, 11) is 0. The predicted molar refractivity (Wildman–Crippen MR) is 105 cm³/mol. The van der Waals surface area contributed by atoms with Gasteiger partial charge in [0, 0.05) is 12.1 Å². The summed E-state index contributed by atoms with van der Waals surface area (Å²) >= 11 is 0. The van der Waals surface area contributed by atoms with Crippen LogP contribution in [0.25, 0.3) is 11.1 Å². The van der Waals surface area contributed by atoms with Crippen LogP contribution in [0.4, 0.5) is 6.01 Å². The molecule has 0 spiro atoms. The van der Waals surface area contributed by atoms with Gasteiger partial charge in [-0.3, -0.25) is 10.1 Å². The first-order valence-corrected chi connectivity index (χ1v) is 9.16. The maximum absolute atomic E-state index is 12.6. The second-order valence-electron chi connectivity index (χ2n) is 6.89. The standard InChI is InChI=1S/C21H18N4O3/c26-13-10-8-12(9-11-13)19-18-15(5-3-6-16(18)27)22-20(24-19)25-21-23-14-4-1-2-7-17(14)28-21/h1-2,4-5,7-11,18-19,26H,3,6H2,(H2,22,23,24,25)/t18-,19-/m1/s1. The highest BCUT2D eigenvalue weighted by molar-refractivity contribution is 5.97. The number of hydrogen-bond donors (Lipinski definition) is 3. The third-order valence-corrected chi connectivity index (χ3v) is 5.04. The Kier molecular flexibility index (Phi) is 3.86. The topological polar surface area (TPSA) is 99.8 Å². The van der Waals surface area contributed by atoms with Crippen molar-refractivity contribution in [2.45, 2.75) is 18.9 Å². The highest BCUT2D eigenvalue weighted by Gasteiger charge is 2.38. The Morgan fingerprint density at radius 2 is 1.96 bits per heavy atom. The number of phenols is 1. The number of aromatic nitrogens is 1.